The maximum atomic E-state index is 11.4. The molecule has 0 saturated carbocycles. The van der Waals surface area contributed by atoms with Gasteiger partial charge in [0.1, 0.15) is 0 Å². The van der Waals surface area contributed by atoms with Gasteiger partial charge in [-0.3, -0.25) is 9.69 Å². The minimum absolute atomic E-state index is 0.212. The van der Waals surface area contributed by atoms with E-state index in [4.69, 9.17) is 4.74 Å². The van der Waals surface area contributed by atoms with Gasteiger partial charge in [0.05, 0.1) is 18.8 Å². The summed E-state index contributed by atoms with van der Waals surface area (Å²) in [5.41, 5.74) is -0.693. The normalized spacial score (nSPS) is 11.9. The predicted octanol–water partition coefficient (Wildman–Crippen LogP) is 1.81. The van der Waals surface area contributed by atoms with Gasteiger partial charge in [-0.05, 0) is 32.7 Å². The molecule has 0 bridgehead atoms. The SMILES string of the molecule is CCCN(CC(=O)OCC)CC(O)(CC)CC. The zero-order valence-electron chi connectivity index (χ0n) is 11.7. The summed E-state index contributed by atoms with van der Waals surface area (Å²) >= 11 is 0. The number of esters is 1. The zero-order chi connectivity index (χ0) is 13.3. The molecule has 0 spiro atoms. The van der Waals surface area contributed by atoms with Crippen molar-refractivity contribution in [3.63, 3.8) is 0 Å². The van der Waals surface area contributed by atoms with Crippen LogP contribution in [0.25, 0.3) is 0 Å². The van der Waals surface area contributed by atoms with Crippen LogP contribution in [0.4, 0.5) is 0 Å². The van der Waals surface area contributed by atoms with E-state index < -0.39 is 5.60 Å². The third kappa shape index (κ3) is 6.64. The summed E-state index contributed by atoms with van der Waals surface area (Å²) in [5, 5.41) is 10.3. The van der Waals surface area contributed by atoms with Gasteiger partial charge in [-0.15, -0.1) is 0 Å². The summed E-state index contributed by atoms with van der Waals surface area (Å²) in [6, 6.07) is 0. The van der Waals surface area contributed by atoms with E-state index in [1.165, 1.54) is 0 Å². The van der Waals surface area contributed by atoms with E-state index in [0.29, 0.717) is 26.0 Å². The highest BCUT2D eigenvalue weighted by Crippen LogP contribution is 2.16. The van der Waals surface area contributed by atoms with Crippen molar-refractivity contribution in [1.29, 1.82) is 0 Å². The molecule has 0 rings (SSSR count). The van der Waals surface area contributed by atoms with Crippen LogP contribution in [0.15, 0.2) is 0 Å². The average Bonchev–Trinajstić information content (AvgIpc) is 2.29. The molecule has 0 aliphatic rings. The van der Waals surface area contributed by atoms with Gasteiger partial charge in [0.15, 0.2) is 0 Å². The van der Waals surface area contributed by atoms with Crippen molar-refractivity contribution >= 4 is 5.97 Å². The fourth-order valence-corrected chi connectivity index (χ4v) is 1.81. The van der Waals surface area contributed by atoms with Crippen LogP contribution >= 0.6 is 0 Å². The average molecular weight is 245 g/mol. The number of rotatable bonds is 9. The van der Waals surface area contributed by atoms with Gasteiger partial charge in [-0.2, -0.15) is 0 Å². The molecule has 17 heavy (non-hydrogen) atoms. The van der Waals surface area contributed by atoms with Crippen LogP contribution in [-0.4, -0.2) is 47.8 Å². The van der Waals surface area contributed by atoms with E-state index in [1.807, 2.05) is 18.7 Å². The minimum Gasteiger partial charge on any atom is -0.465 e. The van der Waals surface area contributed by atoms with E-state index in [-0.39, 0.29) is 12.5 Å². The van der Waals surface area contributed by atoms with Crippen LogP contribution in [0.1, 0.15) is 47.0 Å². The summed E-state index contributed by atoms with van der Waals surface area (Å²) < 4.78 is 4.94. The number of aliphatic hydroxyl groups is 1. The minimum atomic E-state index is -0.693. The number of ether oxygens (including phenoxy) is 1. The summed E-state index contributed by atoms with van der Waals surface area (Å²) in [5.74, 6) is -0.212. The molecule has 0 atom stereocenters. The highest BCUT2D eigenvalue weighted by molar-refractivity contribution is 5.71. The smallest absolute Gasteiger partial charge is 0.320 e. The Balaban J connectivity index is 4.36. The quantitative estimate of drug-likeness (QED) is 0.629. The van der Waals surface area contributed by atoms with Gasteiger partial charge in [-0.25, -0.2) is 0 Å². The number of hydrogen-bond donors (Lipinski definition) is 1. The molecule has 0 amide bonds. The first-order valence-corrected chi connectivity index (χ1v) is 6.61. The first-order valence-electron chi connectivity index (χ1n) is 6.61. The molecule has 0 aromatic heterocycles. The van der Waals surface area contributed by atoms with E-state index in [2.05, 4.69) is 6.92 Å². The third-order valence-electron chi connectivity index (χ3n) is 3.03. The third-order valence-corrected chi connectivity index (χ3v) is 3.03. The van der Waals surface area contributed by atoms with Crippen molar-refractivity contribution in [3.8, 4) is 0 Å². The first kappa shape index (κ1) is 16.4. The van der Waals surface area contributed by atoms with Crippen LogP contribution in [-0.2, 0) is 9.53 Å². The number of carbonyl (C=O) groups is 1. The second-order valence-electron chi connectivity index (χ2n) is 4.45. The molecule has 1 N–H and O–H groups in total. The molecule has 0 fully saturated rings. The number of hydrogen-bond acceptors (Lipinski definition) is 4. The standard InChI is InChI=1S/C13H27NO3/c1-5-9-14(10-12(15)17-8-4)11-13(16,6-2)7-3/h16H,5-11H2,1-4H3. The molecule has 4 nitrogen and oxygen atoms in total. The largest absolute Gasteiger partial charge is 0.465 e. The fourth-order valence-electron chi connectivity index (χ4n) is 1.81. The summed E-state index contributed by atoms with van der Waals surface area (Å²) in [7, 11) is 0. The van der Waals surface area contributed by atoms with Crippen LogP contribution in [0, 0.1) is 0 Å². The van der Waals surface area contributed by atoms with Crippen LogP contribution in [0.3, 0.4) is 0 Å². The van der Waals surface area contributed by atoms with Gasteiger partial charge < -0.3 is 9.84 Å². The molecule has 0 heterocycles. The summed E-state index contributed by atoms with van der Waals surface area (Å²) in [4.78, 5) is 13.4. The number of carbonyl (C=O) groups excluding carboxylic acids is 1. The van der Waals surface area contributed by atoms with Crippen molar-refractivity contribution in [2.75, 3.05) is 26.2 Å². The molecule has 0 unspecified atom stereocenters. The summed E-state index contributed by atoms with van der Waals surface area (Å²) in [6.45, 7) is 9.82. The van der Waals surface area contributed by atoms with Crippen LogP contribution in [0.5, 0.6) is 0 Å². The lowest BCUT2D eigenvalue weighted by Gasteiger charge is -2.32. The van der Waals surface area contributed by atoms with E-state index in [9.17, 15) is 9.90 Å². The second-order valence-corrected chi connectivity index (χ2v) is 4.45. The van der Waals surface area contributed by atoms with Crippen molar-refractivity contribution in [2.45, 2.75) is 52.6 Å². The van der Waals surface area contributed by atoms with Crippen molar-refractivity contribution in [1.82, 2.24) is 4.90 Å². The molecule has 0 aromatic rings. The van der Waals surface area contributed by atoms with Gasteiger partial charge in [0.25, 0.3) is 0 Å². The van der Waals surface area contributed by atoms with Crippen LogP contribution < -0.4 is 0 Å². The predicted molar refractivity (Wildman–Crippen MR) is 68.9 cm³/mol. The highest BCUT2D eigenvalue weighted by atomic mass is 16.5. The highest BCUT2D eigenvalue weighted by Gasteiger charge is 2.26. The molecular formula is C13H27NO3. The Kier molecular flexibility index (Phi) is 8.17. The first-order chi connectivity index (χ1) is 8.01. The molecule has 102 valence electrons. The lowest BCUT2D eigenvalue weighted by molar-refractivity contribution is -0.145. The molecular weight excluding hydrogens is 218 g/mol. The molecule has 0 aromatic carbocycles. The fraction of sp³-hybridized carbons (Fsp3) is 0.923. The van der Waals surface area contributed by atoms with Gasteiger partial charge >= 0.3 is 5.97 Å². The summed E-state index contributed by atoms with van der Waals surface area (Å²) in [6.07, 6.45) is 2.36. The van der Waals surface area contributed by atoms with E-state index in [0.717, 1.165) is 13.0 Å². The van der Waals surface area contributed by atoms with Crippen molar-refractivity contribution in [3.05, 3.63) is 0 Å². The Morgan fingerprint density at radius 1 is 1.24 bits per heavy atom. The Labute approximate surface area is 105 Å². The van der Waals surface area contributed by atoms with Gasteiger partial charge in [-0.1, -0.05) is 20.8 Å². The Morgan fingerprint density at radius 3 is 2.24 bits per heavy atom. The molecule has 0 radical (unpaired) electrons. The Bertz CT molecular complexity index is 215. The lowest BCUT2D eigenvalue weighted by atomic mass is 9.96. The Hall–Kier alpha value is -0.610. The second kappa shape index (κ2) is 8.48. The molecule has 0 saturated heterocycles. The number of nitrogens with zero attached hydrogens (tertiary/aromatic N) is 1. The maximum absolute atomic E-state index is 11.4. The van der Waals surface area contributed by atoms with Gasteiger partial charge in [0, 0.05) is 6.54 Å². The van der Waals surface area contributed by atoms with Crippen LogP contribution in [0.2, 0.25) is 0 Å². The van der Waals surface area contributed by atoms with E-state index in [1.54, 1.807) is 6.92 Å². The molecule has 4 heteroatoms. The molecule has 0 aliphatic carbocycles. The monoisotopic (exact) mass is 245 g/mol. The Morgan fingerprint density at radius 2 is 1.82 bits per heavy atom. The van der Waals surface area contributed by atoms with Gasteiger partial charge in [0.2, 0.25) is 0 Å². The van der Waals surface area contributed by atoms with Crippen molar-refractivity contribution < 1.29 is 14.6 Å². The zero-order valence-corrected chi connectivity index (χ0v) is 11.7. The van der Waals surface area contributed by atoms with E-state index >= 15 is 0 Å². The topological polar surface area (TPSA) is 49.8 Å². The molecule has 0 aliphatic heterocycles. The maximum Gasteiger partial charge on any atom is 0.320 e. The van der Waals surface area contributed by atoms with Crippen molar-refractivity contribution in [2.24, 2.45) is 0 Å². The lowest BCUT2D eigenvalue weighted by Crippen LogP contribution is -2.44.